The number of amides is 1. The summed E-state index contributed by atoms with van der Waals surface area (Å²) < 4.78 is 8.18. The van der Waals surface area contributed by atoms with Crippen LogP contribution in [-0.2, 0) is 11.3 Å². The average Bonchev–Trinajstić information content (AvgIpc) is 3.23. The monoisotopic (exact) mass is 375 g/mol. The van der Waals surface area contributed by atoms with Crippen molar-refractivity contribution >= 4 is 16.9 Å². The zero-order valence-electron chi connectivity index (χ0n) is 16.2. The molecule has 1 aliphatic heterocycles. The molecule has 2 aromatic carbocycles. The van der Waals surface area contributed by atoms with Crippen molar-refractivity contribution < 1.29 is 9.53 Å². The van der Waals surface area contributed by atoms with E-state index in [9.17, 15) is 4.79 Å². The maximum Gasteiger partial charge on any atom is 0.223 e. The van der Waals surface area contributed by atoms with E-state index in [0.29, 0.717) is 32.7 Å². The molecule has 1 atom stereocenters. The molecule has 5 heteroatoms. The van der Waals surface area contributed by atoms with Crippen molar-refractivity contribution in [2.24, 2.45) is 0 Å². The van der Waals surface area contributed by atoms with Gasteiger partial charge in [-0.25, -0.2) is 4.98 Å². The highest BCUT2D eigenvalue weighted by atomic mass is 16.5. The normalized spacial score (nSPS) is 16.7. The van der Waals surface area contributed by atoms with Gasteiger partial charge in [-0.3, -0.25) is 4.79 Å². The molecule has 2 heterocycles. The maximum atomic E-state index is 12.3. The lowest BCUT2D eigenvalue weighted by molar-refractivity contribution is -0.127. The zero-order chi connectivity index (χ0) is 19.5. The molecule has 0 N–H and O–H groups in total. The number of aromatic nitrogens is 2. The quantitative estimate of drug-likeness (QED) is 0.588. The van der Waals surface area contributed by atoms with Crippen LogP contribution in [0.15, 0.2) is 61.2 Å². The molecule has 144 valence electrons. The number of likely N-dealkylation sites (tertiary alicyclic amines) is 1. The van der Waals surface area contributed by atoms with Gasteiger partial charge in [-0.1, -0.05) is 30.3 Å². The molecular weight excluding hydrogens is 350 g/mol. The number of hydrogen-bond acceptors (Lipinski definition) is 3. The van der Waals surface area contributed by atoms with Gasteiger partial charge >= 0.3 is 0 Å². The van der Waals surface area contributed by atoms with Gasteiger partial charge in [-0.2, -0.15) is 0 Å². The van der Waals surface area contributed by atoms with E-state index in [2.05, 4.69) is 30.2 Å². The van der Waals surface area contributed by atoms with Crippen LogP contribution in [0.3, 0.4) is 0 Å². The molecule has 1 saturated heterocycles. The molecule has 1 aromatic heterocycles. The SMILES string of the molecule is C=CCN1C[C@H](c2nc3ccccc3n2CCOc2cccc(C)c2)CC1=O. The second-order valence-corrected chi connectivity index (χ2v) is 7.26. The summed E-state index contributed by atoms with van der Waals surface area (Å²) in [6.07, 6.45) is 2.27. The van der Waals surface area contributed by atoms with E-state index < -0.39 is 0 Å². The van der Waals surface area contributed by atoms with Gasteiger partial charge < -0.3 is 14.2 Å². The summed E-state index contributed by atoms with van der Waals surface area (Å²) in [5.74, 6) is 2.10. The Balaban J connectivity index is 1.57. The number of para-hydroxylation sites is 2. The summed E-state index contributed by atoms with van der Waals surface area (Å²) in [7, 11) is 0. The zero-order valence-corrected chi connectivity index (χ0v) is 16.2. The van der Waals surface area contributed by atoms with Crippen LogP contribution in [0.4, 0.5) is 0 Å². The minimum Gasteiger partial charge on any atom is -0.492 e. The third-order valence-electron chi connectivity index (χ3n) is 5.19. The van der Waals surface area contributed by atoms with E-state index in [4.69, 9.17) is 9.72 Å². The van der Waals surface area contributed by atoms with Crippen molar-refractivity contribution in [2.75, 3.05) is 19.7 Å². The van der Waals surface area contributed by atoms with Crippen molar-refractivity contribution in [2.45, 2.75) is 25.8 Å². The van der Waals surface area contributed by atoms with E-state index in [0.717, 1.165) is 22.6 Å². The number of nitrogens with zero attached hydrogens (tertiary/aromatic N) is 3. The Morgan fingerprint density at radius 2 is 2.11 bits per heavy atom. The highest BCUT2D eigenvalue weighted by Gasteiger charge is 2.33. The van der Waals surface area contributed by atoms with Crippen LogP contribution >= 0.6 is 0 Å². The van der Waals surface area contributed by atoms with Crippen LogP contribution in [0, 0.1) is 6.92 Å². The molecule has 0 spiro atoms. The number of carbonyl (C=O) groups is 1. The molecule has 1 fully saturated rings. The van der Waals surface area contributed by atoms with E-state index >= 15 is 0 Å². The lowest BCUT2D eigenvalue weighted by atomic mass is 10.1. The number of benzene rings is 2. The first-order chi connectivity index (χ1) is 13.7. The van der Waals surface area contributed by atoms with Gasteiger partial charge in [0.25, 0.3) is 0 Å². The third kappa shape index (κ3) is 3.65. The Morgan fingerprint density at radius 1 is 1.25 bits per heavy atom. The predicted octanol–water partition coefficient (Wildman–Crippen LogP) is 3.93. The predicted molar refractivity (Wildman–Crippen MR) is 111 cm³/mol. The van der Waals surface area contributed by atoms with Crippen LogP contribution < -0.4 is 4.74 Å². The molecule has 0 aliphatic carbocycles. The van der Waals surface area contributed by atoms with Crippen LogP contribution in [0.25, 0.3) is 11.0 Å². The summed E-state index contributed by atoms with van der Waals surface area (Å²) in [6, 6.07) is 16.2. The summed E-state index contributed by atoms with van der Waals surface area (Å²) >= 11 is 0. The average molecular weight is 375 g/mol. The first-order valence-corrected chi connectivity index (χ1v) is 9.69. The minimum absolute atomic E-state index is 0.0961. The molecule has 0 bridgehead atoms. The number of rotatable bonds is 7. The second-order valence-electron chi connectivity index (χ2n) is 7.26. The number of ether oxygens (including phenoxy) is 1. The van der Waals surface area contributed by atoms with Gasteiger partial charge in [0.2, 0.25) is 5.91 Å². The van der Waals surface area contributed by atoms with Gasteiger partial charge in [0.15, 0.2) is 0 Å². The smallest absolute Gasteiger partial charge is 0.223 e. The fraction of sp³-hybridized carbons (Fsp3) is 0.304. The summed E-state index contributed by atoms with van der Waals surface area (Å²) in [6.45, 7) is 8.33. The molecule has 1 aliphatic rings. The van der Waals surface area contributed by atoms with Crippen LogP contribution in [0.5, 0.6) is 5.75 Å². The fourth-order valence-electron chi connectivity index (χ4n) is 3.88. The Morgan fingerprint density at radius 3 is 2.93 bits per heavy atom. The van der Waals surface area contributed by atoms with Crippen LogP contribution in [-0.4, -0.2) is 40.1 Å². The lowest BCUT2D eigenvalue weighted by Crippen LogP contribution is -2.25. The highest BCUT2D eigenvalue weighted by Crippen LogP contribution is 2.30. The van der Waals surface area contributed by atoms with Crippen molar-refractivity contribution in [3.05, 3.63) is 72.6 Å². The number of hydrogen-bond donors (Lipinski definition) is 0. The van der Waals surface area contributed by atoms with Crippen molar-refractivity contribution in [1.82, 2.24) is 14.5 Å². The van der Waals surface area contributed by atoms with Crippen LogP contribution in [0.1, 0.15) is 23.7 Å². The number of fused-ring (bicyclic) bond motifs is 1. The molecule has 0 radical (unpaired) electrons. The molecule has 0 saturated carbocycles. The number of imidazole rings is 1. The van der Waals surface area contributed by atoms with E-state index in [1.165, 1.54) is 5.56 Å². The Labute approximate surface area is 165 Å². The maximum absolute atomic E-state index is 12.3. The van der Waals surface area contributed by atoms with Crippen molar-refractivity contribution in [3.8, 4) is 5.75 Å². The number of carbonyl (C=O) groups excluding carboxylic acids is 1. The molecule has 4 rings (SSSR count). The van der Waals surface area contributed by atoms with Gasteiger partial charge in [-0.15, -0.1) is 6.58 Å². The standard InChI is InChI=1S/C23H25N3O2/c1-3-11-25-16-18(15-22(25)27)23-24-20-9-4-5-10-21(20)26(23)12-13-28-19-8-6-7-17(2)14-19/h3-10,14,18H,1,11-13,15-16H2,2H3/t18-/m1/s1. The van der Waals surface area contributed by atoms with E-state index in [1.54, 1.807) is 6.08 Å². The molecule has 28 heavy (non-hydrogen) atoms. The van der Waals surface area contributed by atoms with Gasteiger partial charge in [0, 0.05) is 25.4 Å². The van der Waals surface area contributed by atoms with Crippen molar-refractivity contribution in [3.63, 3.8) is 0 Å². The second kappa shape index (κ2) is 7.89. The van der Waals surface area contributed by atoms with Gasteiger partial charge in [0.05, 0.1) is 17.6 Å². The highest BCUT2D eigenvalue weighted by molar-refractivity contribution is 5.81. The van der Waals surface area contributed by atoms with E-state index in [-0.39, 0.29) is 11.8 Å². The van der Waals surface area contributed by atoms with Gasteiger partial charge in [-0.05, 0) is 36.8 Å². The van der Waals surface area contributed by atoms with E-state index in [1.807, 2.05) is 41.3 Å². The van der Waals surface area contributed by atoms with Crippen molar-refractivity contribution in [1.29, 1.82) is 0 Å². The molecule has 5 nitrogen and oxygen atoms in total. The fourth-order valence-corrected chi connectivity index (χ4v) is 3.88. The lowest BCUT2D eigenvalue weighted by Gasteiger charge is -2.16. The Kier molecular flexibility index (Phi) is 5.15. The molecule has 3 aromatic rings. The molecule has 1 amide bonds. The summed E-state index contributed by atoms with van der Waals surface area (Å²) in [5.41, 5.74) is 3.22. The largest absolute Gasteiger partial charge is 0.492 e. The van der Waals surface area contributed by atoms with Gasteiger partial charge in [0.1, 0.15) is 18.2 Å². The third-order valence-corrected chi connectivity index (χ3v) is 5.19. The minimum atomic E-state index is 0.0961. The number of aryl methyl sites for hydroxylation is 1. The topological polar surface area (TPSA) is 47.4 Å². The summed E-state index contributed by atoms with van der Waals surface area (Å²) in [5, 5.41) is 0. The molecular formula is C23H25N3O2. The summed E-state index contributed by atoms with van der Waals surface area (Å²) in [4.78, 5) is 19.0. The first-order valence-electron chi connectivity index (χ1n) is 9.69. The Bertz CT molecular complexity index is 1010. The first kappa shape index (κ1) is 18.3. The van der Waals surface area contributed by atoms with Crippen LogP contribution in [0.2, 0.25) is 0 Å². The molecule has 0 unspecified atom stereocenters. The Hall–Kier alpha value is -3.08.